The molecular weight excluding hydrogens is 225 g/mol. The Hall–Kier alpha value is -0.840. The molecule has 0 spiro atoms. The first kappa shape index (κ1) is 12.6. The van der Waals surface area contributed by atoms with Gasteiger partial charge < -0.3 is 9.47 Å². The van der Waals surface area contributed by atoms with Crippen LogP contribution in [-0.4, -0.2) is 47.6 Å². The zero-order valence-corrected chi connectivity index (χ0v) is 10.8. The summed E-state index contributed by atoms with van der Waals surface area (Å²) in [5.41, 5.74) is -1.85. The summed E-state index contributed by atoms with van der Waals surface area (Å²) in [5, 5.41) is 0. The van der Waals surface area contributed by atoms with Crippen LogP contribution < -0.4 is 0 Å². The lowest BCUT2D eigenvalue weighted by atomic mass is 9.74. The molecule has 0 aromatic rings. The number of carbonyl (C=O) groups is 1. The highest BCUT2D eigenvalue weighted by Gasteiger charge is 2.65. The lowest BCUT2D eigenvalue weighted by Crippen LogP contribution is -2.80. The molecule has 2 atom stereocenters. The van der Waals surface area contributed by atoms with Crippen molar-refractivity contribution in [1.29, 1.82) is 0 Å². The molecule has 5 heteroatoms. The second kappa shape index (κ2) is 3.83. The first-order chi connectivity index (χ1) is 7.79. The minimum Gasteiger partial charge on any atom is -0.444 e. The van der Waals surface area contributed by atoms with Gasteiger partial charge in [-0.05, 0) is 27.2 Å². The van der Waals surface area contributed by atoms with Crippen LogP contribution in [0.15, 0.2) is 0 Å². The molecule has 98 valence electrons. The highest BCUT2D eigenvalue weighted by atomic mass is 19.1. The molecule has 3 heterocycles. The van der Waals surface area contributed by atoms with Crippen LogP contribution in [0.2, 0.25) is 0 Å². The van der Waals surface area contributed by atoms with Crippen LogP contribution >= 0.6 is 0 Å². The average Bonchev–Trinajstić information content (AvgIpc) is 2.25. The number of amides is 1. The molecule has 0 aromatic carbocycles. The maximum atomic E-state index is 14.5. The summed E-state index contributed by atoms with van der Waals surface area (Å²) in [7, 11) is 0. The van der Waals surface area contributed by atoms with Crippen LogP contribution in [-0.2, 0) is 9.47 Å². The number of hydrogen-bond acceptors (Lipinski definition) is 3. The lowest BCUT2D eigenvalue weighted by Gasteiger charge is -2.61. The van der Waals surface area contributed by atoms with Crippen molar-refractivity contribution in [2.24, 2.45) is 0 Å². The van der Waals surface area contributed by atoms with Gasteiger partial charge in [0.15, 0.2) is 5.67 Å². The number of alkyl halides is 1. The SMILES string of the molecule is CCC1(F)C2COCC1N2C(=O)OC(C)(C)C. The summed E-state index contributed by atoms with van der Waals surface area (Å²) in [6, 6.07) is -0.970. The Labute approximate surface area is 101 Å². The fraction of sp³-hybridized carbons (Fsp3) is 0.917. The van der Waals surface area contributed by atoms with Crippen LogP contribution in [0.5, 0.6) is 0 Å². The zero-order chi connectivity index (χ0) is 12.8. The van der Waals surface area contributed by atoms with Crippen molar-refractivity contribution in [3.63, 3.8) is 0 Å². The van der Waals surface area contributed by atoms with Gasteiger partial charge >= 0.3 is 6.09 Å². The molecular formula is C12H20FNO3. The van der Waals surface area contributed by atoms with E-state index in [9.17, 15) is 9.18 Å². The van der Waals surface area contributed by atoms with Crippen LogP contribution in [0, 0.1) is 0 Å². The Balaban J connectivity index is 2.08. The van der Waals surface area contributed by atoms with Gasteiger partial charge in [0.2, 0.25) is 0 Å². The summed E-state index contributed by atoms with van der Waals surface area (Å²) in [6.07, 6.45) is -0.0251. The molecule has 2 bridgehead atoms. The van der Waals surface area contributed by atoms with E-state index < -0.39 is 29.4 Å². The van der Waals surface area contributed by atoms with Crippen molar-refractivity contribution >= 4 is 6.09 Å². The third-order valence-electron chi connectivity index (χ3n) is 3.48. The van der Waals surface area contributed by atoms with E-state index in [2.05, 4.69) is 0 Å². The monoisotopic (exact) mass is 245 g/mol. The maximum absolute atomic E-state index is 14.5. The van der Waals surface area contributed by atoms with Crippen LogP contribution in [0.25, 0.3) is 0 Å². The molecule has 3 saturated heterocycles. The summed E-state index contributed by atoms with van der Waals surface area (Å²) in [6.45, 7) is 7.75. The lowest BCUT2D eigenvalue weighted by molar-refractivity contribution is -0.224. The molecule has 17 heavy (non-hydrogen) atoms. The molecule has 0 N–H and O–H groups in total. The summed E-state index contributed by atoms with van der Waals surface area (Å²) < 4.78 is 25.0. The van der Waals surface area contributed by atoms with E-state index in [1.807, 2.05) is 0 Å². The van der Waals surface area contributed by atoms with E-state index >= 15 is 0 Å². The Bertz CT molecular complexity index is 314. The van der Waals surface area contributed by atoms with E-state index in [0.29, 0.717) is 6.42 Å². The Morgan fingerprint density at radius 1 is 1.47 bits per heavy atom. The number of nitrogens with zero attached hydrogens (tertiary/aromatic N) is 1. The maximum Gasteiger partial charge on any atom is 0.411 e. The van der Waals surface area contributed by atoms with E-state index in [1.54, 1.807) is 27.7 Å². The van der Waals surface area contributed by atoms with Crippen molar-refractivity contribution in [1.82, 2.24) is 4.90 Å². The summed E-state index contributed by atoms with van der Waals surface area (Å²) >= 11 is 0. The number of ether oxygens (including phenoxy) is 2. The first-order valence-electron chi connectivity index (χ1n) is 6.07. The largest absolute Gasteiger partial charge is 0.444 e. The van der Waals surface area contributed by atoms with Crippen LogP contribution in [0.3, 0.4) is 0 Å². The first-order valence-corrected chi connectivity index (χ1v) is 6.07. The Kier molecular flexibility index (Phi) is 2.84. The van der Waals surface area contributed by atoms with Crippen molar-refractivity contribution in [3.05, 3.63) is 0 Å². The van der Waals surface area contributed by atoms with Gasteiger partial charge in [0.25, 0.3) is 0 Å². The molecule has 0 aliphatic carbocycles. The average molecular weight is 245 g/mol. The van der Waals surface area contributed by atoms with Gasteiger partial charge in [-0.3, -0.25) is 4.90 Å². The molecule has 0 radical (unpaired) electrons. The Morgan fingerprint density at radius 3 is 2.41 bits per heavy atom. The van der Waals surface area contributed by atoms with Crippen LogP contribution in [0.4, 0.5) is 9.18 Å². The van der Waals surface area contributed by atoms with Gasteiger partial charge in [-0.1, -0.05) is 6.92 Å². The van der Waals surface area contributed by atoms with Gasteiger partial charge in [0.05, 0.1) is 25.3 Å². The van der Waals surface area contributed by atoms with Gasteiger partial charge in [0, 0.05) is 0 Å². The van der Waals surface area contributed by atoms with Crippen LogP contribution in [0.1, 0.15) is 34.1 Å². The molecule has 1 amide bonds. The topological polar surface area (TPSA) is 38.8 Å². The molecule has 0 saturated carbocycles. The second-order valence-electron chi connectivity index (χ2n) is 5.74. The second-order valence-corrected chi connectivity index (χ2v) is 5.74. The van der Waals surface area contributed by atoms with Crippen molar-refractivity contribution < 1.29 is 18.7 Å². The highest BCUT2D eigenvalue weighted by Crippen LogP contribution is 2.46. The van der Waals surface area contributed by atoms with Gasteiger partial charge in [0.1, 0.15) is 5.60 Å². The number of halogens is 1. The predicted molar refractivity (Wildman–Crippen MR) is 60.6 cm³/mol. The number of morpholine rings is 1. The number of hydrogen-bond donors (Lipinski definition) is 0. The molecule has 3 aliphatic rings. The van der Waals surface area contributed by atoms with Gasteiger partial charge in [-0.2, -0.15) is 0 Å². The molecule has 3 aliphatic heterocycles. The van der Waals surface area contributed by atoms with Crippen molar-refractivity contribution in [3.8, 4) is 0 Å². The minimum absolute atomic E-state index is 0.264. The molecule has 4 nitrogen and oxygen atoms in total. The smallest absolute Gasteiger partial charge is 0.411 e. The van der Waals surface area contributed by atoms with E-state index in [-0.39, 0.29) is 13.2 Å². The quantitative estimate of drug-likeness (QED) is 0.710. The summed E-state index contributed by atoms with van der Waals surface area (Å²) in [4.78, 5) is 13.4. The molecule has 3 rings (SSSR count). The van der Waals surface area contributed by atoms with Gasteiger partial charge in [-0.15, -0.1) is 0 Å². The van der Waals surface area contributed by atoms with E-state index in [0.717, 1.165) is 0 Å². The number of carbonyl (C=O) groups excluding carboxylic acids is 1. The van der Waals surface area contributed by atoms with E-state index in [4.69, 9.17) is 9.47 Å². The molecule has 0 aromatic heterocycles. The fourth-order valence-corrected chi connectivity index (χ4v) is 2.59. The zero-order valence-electron chi connectivity index (χ0n) is 10.8. The third kappa shape index (κ3) is 1.90. The summed E-state index contributed by atoms with van der Waals surface area (Å²) in [5.74, 6) is 0. The predicted octanol–water partition coefficient (Wildman–Crippen LogP) is 2.12. The van der Waals surface area contributed by atoms with Crippen molar-refractivity contribution in [2.75, 3.05) is 13.2 Å². The third-order valence-corrected chi connectivity index (χ3v) is 3.48. The minimum atomic E-state index is -1.30. The standard InChI is InChI=1S/C12H20FNO3/c1-5-12(13)8-6-16-7-9(12)14(8)10(15)17-11(2,3)4/h8-9H,5-7H2,1-4H3. The number of rotatable bonds is 1. The molecule has 2 unspecified atom stereocenters. The molecule has 3 fully saturated rings. The van der Waals surface area contributed by atoms with Gasteiger partial charge in [-0.25, -0.2) is 9.18 Å². The van der Waals surface area contributed by atoms with E-state index in [1.165, 1.54) is 4.90 Å². The Morgan fingerprint density at radius 2 is 2.00 bits per heavy atom. The fourth-order valence-electron chi connectivity index (χ4n) is 2.59. The van der Waals surface area contributed by atoms with Crippen molar-refractivity contribution in [2.45, 2.75) is 57.5 Å². The number of fused-ring (bicyclic) bond motifs is 2. The highest BCUT2D eigenvalue weighted by molar-refractivity contribution is 5.71. The normalized spacial score (nSPS) is 36.4.